The van der Waals surface area contributed by atoms with E-state index in [0.29, 0.717) is 36.9 Å². The summed E-state index contributed by atoms with van der Waals surface area (Å²) in [5.41, 5.74) is 2.29. The second-order valence-corrected chi connectivity index (χ2v) is 11.0. The molecule has 0 radical (unpaired) electrons. The Morgan fingerprint density at radius 1 is 1.03 bits per heavy atom. The van der Waals surface area contributed by atoms with Gasteiger partial charge in [-0.25, -0.2) is 8.78 Å². The molecule has 1 aromatic heterocycles. The Balaban J connectivity index is 1.22. The van der Waals surface area contributed by atoms with Crippen LogP contribution in [0.1, 0.15) is 11.4 Å². The van der Waals surface area contributed by atoms with Crippen molar-refractivity contribution in [1.29, 1.82) is 0 Å². The molecule has 2 fully saturated rings. The quantitative estimate of drug-likeness (QED) is 0.490. The van der Waals surface area contributed by atoms with Gasteiger partial charge in [-0.1, -0.05) is 11.6 Å². The van der Waals surface area contributed by atoms with Crippen LogP contribution in [-0.4, -0.2) is 84.4 Å². The van der Waals surface area contributed by atoms with E-state index >= 15 is 0 Å². The Kier molecular flexibility index (Phi) is 5.95. The number of benzene rings is 2. The summed E-state index contributed by atoms with van der Waals surface area (Å²) in [5.74, 6) is 0.231. The SMILES string of the molecule is COc1cc(N2CC3(C2)CN(c2nnc4n2-c2ccc(Cl)cc2CN(CC(=O)N(C)C)C4)C3)c(F)cc1F. The fraction of sp³-hybridized carbons (Fsp3) is 0.423. The number of carbonyl (C=O) groups is 1. The average Bonchev–Trinajstić information content (AvgIpc) is 3.14. The summed E-state index contributed by atoms with van der Waals surface area (Å²) in [4.78, 5) is 20.2. The molecule has 38 heavy (non-hydrogen) atoms. The van der Waals surface area contributed by atoms with Crippen molar-refractivity contribution in [2.45, 2.75) is 13.1 Å². The van der Waals surface area contributed by atoms with Gasteiger partial charge in [-0.15, -0.1) is 10.2 Å². The van der Waals surface area contributed by atoms with Gasteiger partial charge < -0.3 is 19.4 Å². The summed E-state index contributed by atoms with van der Waals surface area (Å²) in [5, 5.41) is 9.66. The molecule has 3 aliphatic rings. The number of carbonyl (C=O) groups excluding carboxylic acids is 1. The maximum absolute atomic E-state index is 14.5. The van der Waals surface area contributed by atoms with Gasteiger partial charge in [0, 0.05) is 69.4 Å². The van der Waals surface area contributed by atoms with E-state index in [1.807, 2.05) is 28.0 Å². The predicted octanol–water partition coefficient (Wildman–Crippen LogP) is 2.94. The first-order chi connectivity index (χ1) is 18.2. The maximum Gasteiger partial charge on any atom is 0.236 e. The van der Waals surface area contributed by atoms with Crippen molar-refractivity contribution in [3.8, 4) is 11.4 Å². The zero-order chi connectivity index (χ0) is 26.8. The lowest BCUT2D eigenvalue weighted by atomic mass is 9.72. The molecule has 4 heterocycles. The van der Waals surface area contributed by atoms with Crippen LogP contribution in [0.15, 0.2) is 30.3 Å². The van der Waals surface area contributed by atoms with Gasteiger partial charge in [-0.2, -0.15) is 0 Å². The van der Waals surface area contributed by atoms with Crippen molar-refractivity contribution < 1.29 is 18.3 Å². The van der Waals surface area contributed by atoms with E-state index < -0.39 is 11.6 Å². The van der Waals surface area contributed by atoms with Crippen molar-refractivity contribution in [2.24, 2.45) is 5.41 Å². The lowest BCUT2D eigenvalue weighted by molar-refractivity contribution is -0.130. The van der Waals surface area contributed by atoms with E-state index in [9.17, 15) is 13.6 Å². The van der Waals surface area contributed by atoms with Gasteiger partial charge in [-0.3, -0.25) is 14.3 Å². The maximum atomic E-state index is 14.5. The number of halogens is 3. The van der Waals surface area contributed by atoms with Gasteiger partial charge in [0.2, 0.25) is 11.9 Å². The number of nitrogens with zero attached hydrogens (tertiary/aromatic N) is 7. The zero-order valence-corrected chi connectivity index (χ0v) is 22.2. The zero-order valence-electron chi connectivity index (χ0n) is 21.4. The molecule has 0 atom stereocenters. The molecule has 3 aromatic rings. The van der Waals surface area contributed by atoms with Crippen LogP contribution in [0.3, 0.4) is 0 Å². The van der Waals surface area contributed by atoms with E-state index in [2.05, 4.69) is 19.7 Å². The Morgan fingerprint density at radius 2 is 1.76 bits per heavy atom. The molecule has 1 amide bonds. The number of likely N-dealkylation sites (N-methyl/N-ethyl adjacent to an activating group) is 1. The number of rotatable bonds is 5. The Labute approximate surface area is 224 Å². The normalized spacial score (nSPS) is 17.8. The van der Waals surface area contributed by atoms with Crippen LogP contribution < -0.4 is 14.5 Å². The smallest absolute Gasteiger partial charge is 0.236 e. The molecule has 200 valence electrons. The first-order valence-corrected chi connectivity index (χ1v) is 12.7. The number of ether oxygens (including phenoxy) is 1. The number of aromatic nitrogens is 3. The molecule has 2 saturated heterocycles. The Morgan fingerprint density at radius 3 is 2.47 bits per heavy atom. The number of hydrogen-bond donors (Lipinski definition) is 0. The monoisotopic (exact) mass is 543 g/mol. The van der Waals surface area contributed by atoms with Crippen LogP contribution >= 0.6 is 11.6 Å². The van der Waals surface area contributed by atoms with Crippen molar-refractivity contribution in [3.63, 3.8) is 0 Å². The largest absolute Gasteiger partial charge is 0.494 e. The van der Waals surface area contributed by atoms with Crippen LogP contribution in [0.5, 0.6) is 5.75 Å². The van der Waals surface area contributed by atoms with Gasteiger partial charge in [0.15, 0.2) is 17.4 Å². The third kappa shape index (κ3) is 4.14. The molecule has 6 rings (SSSR count). The Bertz CT molecular complexity index is 1410. The Hall–Kier alpha value is -3.44. The highest BCUT2D eigenvalue weighted by Crippen LogP contribution is 2.45. The molecule has 1 spiro atoms. The van der Waals surface area contributed by atoms with Crippen molar-refractivity contribution >= 4 is 29.1 Å². The van der Waals surface area contributed by atoms with E-state index in [1.165, 1.54) is 13.2 Å². The summed E-state index contributed by atoms with van der Waals surface area (Å²) in [7, 11) is 4.86. The van der Waals surface area contributed by atoms with Crippen LogP contribution in [0, 0.1) is 17.0 Å². The van der Waals surface area contributed by atoms with E-state index in [4.69, 9.17) is 16.3 Å². The number of anilines is 2. The number of fused-ring (bicyclic) bond motifs is 3. The summed E-state index contributed by atoms with van der Waals surface area (Å²) in [6.45, 7) is 4.09. The second-order valence-electron chi connectivity index (χ2n) is 10.6. The standard InChI is InChI=1S/C26H28ClF2N7O2/c1-32(2)24(37)11-33-9-16-6-17(27)4-5-20(16)36-23(10-33)30-31-25(36)35-14-26(15-35)12-34(13-26)21-8-22(38-3)19(29)7-18(21)28/h4-8H,9-15H2,1-3H3. The molecule has 0 unspecified atom stereocenters. The third-order valence-corrected chi connectivity index (χ3v) is 7.80. The minimum atomic E-state index is -0.711. The third-order valence-electron chi connectivity index (χ3n) is 7.56. The number of amides is 1. The fourth-order valence-electron chi connectivity index (χ4n) is 5.66. The summed E-state index contributed by atoms with van der Waals surface area (Å²) in [6, 6.07) is 8.03. The molecule has 9 nitrogen and oxygen atoms in total. The fourth-order valence-corrected chi connectivity index (χ4v) is 5.85. The van der Waals surface area contributed by atoms with Gasteiger partial charge in [0.25, 0.3) is 0 Å². The number of methoxy groups -OCH3 is 1. The number of hydrogen-bond acceptors (Lipinski definition) is 7. The molecular weight excluding hydrogens is 516 g/mol. The highest BCUT2D eigenvalue weighted by molar-refractivity contribution is 6.30. The van der Waals surface area contributed by atoms with E-state index in [-0.39, 0.29) is 23.6 Å². The molecule has 3 aliphatic heterocycles. The van der Waals surface area contributed by atoms with Gasteiger partial charge >= 0.3 is 0 Å². The van der Waals surface area contributed by atoms with Crippen molar-refractivity contribution in [1.82, 2.24) is 24.6 Å². The van der Waals surface area contributed by atoms with Gasteiger partial charge in [0.1, 0.15) is 5.82 Å². The molecule has 12 heteroatoms. The molecule has 0 aliphatic carbocycles. The summed E-state index contributed by atoms with van der Waals surface area (Å²) in [6.07, 6.45) is 0. The predicted molar refractivity (Wildman–Crippen MR) is 139 cm³/mol. The van der Waals surface area contributed by atoms with Crippen molar-refractivity contribution in [2.75, 3.05) is 63.7 Å². The average molecular weight is 544 g/mol. The van der Waals surface area contributed by atoms with Crippen molar-refractivity contribution in [3.05, 3.63) is 58.4 Å². The molecule has 0 saturated carbocycles. The van der Waals surface area contributed by atoms with Crippen LogP contribution in [0.4, 0.5) is 20.4 Å². The highest BCUT2D eigenvalue weighted by Gasteiger charge is 2.53. The molecule has 0 bridgehead atoms. The van der Waals surface area contributed by atoms with Gasteiger partial charge in [0.05, 0.1) is 31.6 Å². The summed E-state index contributed by atoms with van der Waals surface area (Å²) >= 11 is 6.34. The van der Waals surface area contributed by atoms with Crippen LogP contribution in [0.2, 0.25) is 5.02 Å². The topological polar surface area (TPSA) is 70.0 Å². The summed E-state index contributed by atoms with van der Waals surface area (Å²) < 4.78 is 35.4. The van der Waals surface area contributed by atoms with E-state index in [1.54, 1.807) is 19.0 Å². The first-order valence-electron chi connectivity index (χ1n) is 12.3. The van der Waals surface area contributed by atoms with Gasteiger partial charge in [-0.05, 0) is 23.8 Å². The minimum absolute atomic E-state index is 0.00181. The lowest BCUT2D eigenvalue weighted by Crippen LogP contribution is -2.73. The van der Waals surface area contributed by atoms with E-state index in [0.717, 1.165) is 42.2 Å². The second kappa shape index (κ2) is 9.09. The molecule has 0 N–H and O–H groups in total. The lowest BCUT2D eigenvalue weighted by Gasteiger charge is -2.61. The molecular formula is C26H28ClF2N7O2. The molecule has 2 aromatic carbocycles. The minimum Gasteiger partial charge on any atom is -0.494 e. The highest BCUT2D eigenvalue weighted by atomic mass is 35.5. The van der Waals surface area contributed by atoms with Crippen LogP contribution in [0.25, 0.3) is 5.69 Å². The van der Waals surface area contributed by atoms with Crippen LogP contribution in [-0.2, 0) is 17.9 Å². The first kappa shape index (κ1) is 24.9.